The summed E-state index contributed by atoms with van der Waals surface area (Å²) in [6.45, 7) is 5.74. The van der Waals surface area contributed by atoms with Crippen LogP contribution in [-0.4, -0.2) is 23.0 Å². The third-order valence-electron chi connectivity index (χ3n) is 3.14. The Hall–Kier alpha value is -0.600. The number of pyridine rings is 1. The quantitative estimate of drug-likeness (QED) is 0.734. The van der Waals surface area contributed by atoms with Crippen molar-refractivity contribution in [3.8, 4) is 0 Å². The van der Waals surface area contributed by atoms with E-state index in [9.17, 15) is 0 Å². The summed E-state index contributed by atoms with van der Waals surface area (Å²) in [6.07, 6.45) is 4.42. The summed E-state index contributed by atoms with van der Waals surface area (Å²) in [5.41, 5.74) is 1.27. The van der Waals surface area contributed by atoms with Gasteiger partial charge in [0.1, 0.15) is 5.15 Å². The van der Waals surface area contributed by atoms with Gasteiger partial charge in [-0.2, -0.15) is 0 Å². The molecule has 1 aromatic heterocycles. The van der Waals surface area contributed by atoms with E-state index in [4.69, 9.17) is 11.6 Å². The zero-order valence-corrected chi connectivity index (χ0v) is 9.87. The van der Waals surface area contributed by atoms with Crippen molar-refractivity contribution in [1.29, 1.82) is 0 Å². The summed E-state index contributed by atoms with van der Waals surface area (Å²) in [4.78, 5) is 6.49. The van der Waals surface area contributed by atoms with Crippen molar-refractivity contribution in [1.82, 2.24) is 9.88 Å². The van der Waals surface area contributed by atoms with Gasteiger partial charge < -0.3 is 0 Å². The standard InChI is InChI=1S/C12H17ClN2/c1-2-10-4-6-15(8-10)9-11-3-5-14-12(13)7-11/h3,5,7,10H,2,4,6,8-9H2,1H3/t10-/m0/s1. The lowest BCUT2D eigenvalue weighted by molar-refractivity contribution is 0.315. The molecule has 0 N–H and O–H groups in total. The van der Waals surface area contributed by atoms with Gasteiger partial charge >= 0.3 is 0 Å². The monoisotopic (exact) mass is 224 g/mol. The molecule has 1 aliphatic heterocycles. The third-order valence-corrected chi connectivity index (χ3v) is 3.35. The first-order chi connectivity index (χ1) is 7.28. The Balaban J connectivity index is 1.92. The molecule has 0 bridgehead atoms. The molecule has 0 spiro atoms. The van der Waals surface area contributed by atoms with Gasteiger partial charge in [-0.3, -0.25) is 4.90 Å². The van der Waals surface area contributed by atoms with Gasteiger partial charge in [0.2, 0.25) is 0 Å². The Bertz CT molecular complexity index is 327. The van der Waals surface area contributed by atoms with Gasteiger partial charge in [0.25, 0.3) is 0 Å². The summed E-state index contributed by atoms with van der Waals surface area (Å²) >= 11 is 5.86. The summed E-state index contributed by atoms with van der Waals surface area (Å²) in [6, 6.07) is 4.01. The fourth-order valence-electron chi connectivity index (χ4n) is 2.19. The number of aromatic nitrogens is 1. The van der Waals surface area contributed by atoms with Crippen molar-refractivity contribution in [3.05, 3.63) is 29.0 Å². The summed E-state index contributed by atoms with van der Waals surface area (Å²) in [5.74, 6) is 0.891. The minimum Gasteiger partial charge on any atom is -0.299 e. The average molecular weight is 225 g/mol. The summed E-state index contributed by atoms with van der Waals surface area (Å²) < 4.78 is 0. The largest absolute Gasteiger partial charge is 0.299 e. The predicted octanol–water partition coefficient (Wildman–Crippen LogP) is 2.97. The molecule has 0 radical (unpaired) electrons. The first kappa shape index (κ1) is 10.9. The zero-order valence-electron chi connectivity index (χ0n) is 9.12. The molecule has 0 amide bonds. The Morgan fingerprint density at radius 1 is 1.60 bits per heavy atom. The third kappa shape index (κ3) is 2.93. The first-order valence-electron chi connectivity index (χ1n) is 5.60. The molecule has 2 nitrogen and oxygen atoms in total. The van der Waals surface area contributed by atoms with Crippen molar-refractivity contribution in [2.75, 3.05) is 13.1 Å². The van der Waals surface area contributed by atoms with E-state index in [-0.39, 0.29) is 0 Å². The van der Waals surface area contributed by atoms with E-state index < -0.39 is 0 Å². The molecule has 15 heavy (non-hydrogen) atoms. The van der Waals surface area contributed by atoms with Gasteiger partial charge in [0.15, 0.2) is 0 Å². The second-order valence-electron chi connectivity index (χ2n) is 4.28. The second kappa shape index (κ2) is 4.95. The average Bonchev–Trinajstić information content (AvgIpc) is 2.65. The fourth-order valence-corrected chi connectivity index (χ4v) is 2.39. The highest BCUT2D eigenvalue weighted by Crippen LogP contribution is 2.21. The number of nitrogens with zero attached hydrogens (tertiary/aromatic N) is 2. The number of likely N-dealkylation sites (tertiary alicyclic amines) is 1. The predicted molar refractivity (Wildman–Crippen MR) is 62.9 cm³/mol. The lowest BCUT2D eigenvalue weighted by Crippen LogP contribution is -2.19. The van der Waals surface area contributed by atoms with Crippen LogP contribution in [0.5, 0.6) is 0 Å². The number of halogens is 1. The topological polar surface area (TPSA) is 16.1 Å². The molecule has 0 unspecified atom stereocenters. The Morgan fingerprint density at radius 3 is 3.13 bits per heavy atom. The van der Waals surface area contributed by atoms with Crippen LogP contribution in [-0.2, 0) is 6.54 Å². The van der Waals surface area contributed by atoms with Crippen LogP contribution in [0.2, 0.25) is 5.15 Å². The zero-order chi connectivity index (χ0) is 10.7. The molecule has 2 rings (SSSR count). The lowest BCUT2D eigenvalue weighted by atomic mass is 10.1. The fraction of sp³-hybridized carbons (Fsp3) is 0.583. The van der Waals surface area contributed by atoms with Gasteiger partial charge in [-0.15, -0.1) is 0 Å². The second-order valence-corrected chi connectivity index (χ2v) is 4.67. The van der Waals surface area contributed by atoms with E-state index in [1.165, 1.54) is 31.5 Å². The molecule has 0 aliphatic carbocycles. The van der Waals surface area contributed by atoms with Crippen molar-refractivity contribution in [2.24, 2.45) is 5.92 Å². The van der Waals surface area contributed by atoms with E-state index in [0.29, 0.717) is 5.15 Å². The molecular weight excluding hydrogens is 208 g/mol. The molecule has 0 aromatic carbocycles. The van der Waals surface area contributed by atoms with Gasteiger partial charge in [-0.25, -0.2) is 4.98 Å². The van der Waals surface area contributed by atoms with Crippen LogP contribution in [0.15, 0.2) is 18.3 Å². The highest BCUT2D eigenvalue weighted by molar-refractivity contribution is 6.29. The molecule has 1 aromatic rings. The Kier molecular flexibility index (Phi) is 3.60. The molecule has 2 heterocycles. The van der Waals surface area contributed by atoms with Gasteiger partial charge in [-0.1, -0.05) is 24.9 Å². The minimum absolute atomic E-state index is 0.596. The SMILES string of the molecule is CC[C@H]1CCN(Cc2ccnc(Cl)c2)C1. The number of rotatable bonds is 3. The van der Waals surface area contributed by atoms with Gasteiger partial charge in [0.05, 0.1) is 0 Å². The van der Waals surface area contributed by atoms with Crippen LogP contribution >= 0.6 is 11.6 Å². The molecule has 1 saturated heterocycles. The van der Waals surface area contributed by atoms with Gasteiger partial charge in [0, 0.05) is 19.3 Å². The maximum atomic E-state index is 5.86. The smallest absolute Gasteiger partial charge is 0.129 e. The van der Waals surface area contributed by atoms with Gasteiger partial charge in [-0.05, 0) is 36.6 Å². The van der Waals surface area contributed by atoms with Crippen LogP contribution in [0.25, 0.3) is 0 Å². The van der Waals surface area contributed by atoms with Crippen molar-refractivity contribution in [2.45, 2.75) is 26.3 Å². The number of hydrogen-bond acceptors (Lipinski definition) is 2. The summed E-state index contributed by atoms with van der Waals surface area (Å²) in [7, 11) is 0. The Labute approximate surface area is 96.3 Å². The molecule has 1 atom stereocenters. The van der Waals surface area contributed by atoms with E-state index in [2.05, 4.69) is 16.8 Å². The maximum absolute atomic E-state index is 5.86. The molecule has 0 saturated carbocycles. The molecule has 1 aliphatic rings. The highest BCUT2D eigenvalue weighted by Gasteiger charge is 2.20. The molecule has 3 heteroatoms. The van der Waals surface area contributed by atoms with Crippen LogP contribution in [0, 0.1) is 5.92 Å². The van der Waals surface area contributed by atoms with Crippen molar-refractivity contribution >= 4 is 11.6 Å². The summed E-state index contributed by atoms with van der Waals surface area (Å²) in [5, 5.41) is 0.596. The van der Waals surface area contributed by atoms with E-state index in [1.807, 2.05) is 12.1 Å². The van der Waals surface area contributed by atoms with Crippen LogP contribution < -0.4 is 0 Å². The lowest BCUT2D eigenvalue weighted by Gasteiger charge is -2.15. The number of hydrogen-bond donors (Lipinski definition) is 0. The normalized spacial score (nSPS) is 22.1. The van der Waals surface area contributed by atoms with Crippen LogP contribution in [0.3, 0.4) is 0 Å². The van der Waals surface area contributed by atoms with Crippen LogP contribution in [0.1, 0.15) is 25.3 Å². The van der Waals surface area contributed by atoms with Crippen molar-refractivity contribution in [3.63, 3.8) is 0 Å². The van der Waals surface area contributed by atoms with E-state index in [0.717, 1.165) is 12.5 Å². The minimum atomic E-state index is 0.596. The van der Waals surface area contributed by atoms with E-state index >= 15 is 0 Å². The first-order valence-corrected chi connectivity index (χ1v) is 5.98. The Morgan fingerprint density at radius 2 is 2.47 bits per heavy atom. The van der Waals surface area contributed by atoms with Crippen molar-refractivity contribution < 1.29 is 0 Å². The molecular formula is C12H17ClN2. The highest BCUT2D eigenvalue weighted by atomic mass is 35.5. The molecule has 82 valence electrons. The maximum Gasteiger partial charge on any atom is 0.129 e. The molecule has 1 fully saturated rings. The van der Waals surface area contributed by atoms with Crippen LogP contribution in [0.4, 0.5) is 0 Å². The van der Waals surface area contributed by atoms with E-state index in [1.54, 1.807) is 6.20 Å².